The van der Waals surface area contributed by atoms with Gasteiger partial charge < -0.3 is 9.47 Å². The standard InChI is InChI=1S/C16H14F5NO7S2/c1-9-6-13(14(30(3,26)27)8-11(9)16(23)28-2)29-10-4-5-12(22(24)25)15(7-10)31(17,18,19,20)21/h4-8H,1-3H3. The molecule has 0 amide bonds. The molecule has 2 aromatic rings. The number of esters is 1. The fraction of sp³-hybridized carbons (Fsp3) is 0.188. The van der Waals surface area contributed by atoms with Crippen LogP contribution in [0.4, 0.5) is 25.1 Å². The monoisotopic (exact) mass is 491 g/mol. The van der Waals surface area contributed by atoms with E-state index in [1.807, 2.05) is 0 Å². The maximum atomic E-state index is 13.3. The number of halogens is 5. The Labute approximate surface area is 172 Å². The Morgan fingerprint density at radius 1 is 1.10 bits per heavy atom. The van der Waals surface area contributed by atoms with Gasteiger partial charge in [0.1, 0.15) is 16.4 Å². The first kappa shape index (κ1) is 24.3. The number of ether oxygens (including phenoxy) is 2. The highest BCUT2D eigenvalue weighted by atomic mass is 32.5. The van der Waals surface area contributed by atoms with Gasteiger partial charge in [0.25, 0.3) is 5.69 Å². The number of sulfone groups is 1. The van der Waals surface area contributed by atoms with E-state index in [0.29, 0.717) is 12.3 Å². The van der Waals surface area contributed by atoms with E-state index in [4.69, 9.17) is 4.74 Å². The third-order valence-corrected chi connectivity index (χ3v) is 6.14. The van der Waals surface area contributed by atoms with Crippen LogP contribution in [0.2, 0.25) is 0 Å². The van der Waals surface area contributed by atoms with Gasteiger partial charge in [-0.3, -0.25) is 10.1 Å². The smallest absolute Gasteiger partial charge is 0.338 e. The summed E-state index contributed by atoms with van der Waals surface area (Å²) in [6, 6.07) is 2.31. The molecule has 15 heteroatoms. The third kappa shape index (κ3) is 5.41. The van der Waals surface area contributed by atoms with E-state index in [1.54, 1.807) is 0 Å². The van der Waals surface area contributed by atoms with Gasteiger partial charge in [-0.15, -0.1) is 0 Å². The van der Waals surface area contributed by atoms with Gasteiger partial charge in [-0.25, -0.2) is 13.2 Å². The number of carbonyl (C=O) groups is 1. The van der Waals surface area contributed by atoms with E-state index in [0.717, 1.165) is 19.2 Å². The fourth-order valence-corrected chi connectivity index (χ4v) is 4.18. The molecule has 0 atom stereocenters. The first-order chi connectivity index (χ1) is 13.7. The summed E-state index contributed by atoms with van der Waals surface area (Å²) in [5.74, 6) is -2.44. The Balaban J connectivity index is 2.74. The van der Waals surface area contributed by atoms with Crippen molar-refractivity contribution < 1.29 is 47.0 Å². The Hall–Kier alpha value is -2.94. The lowest BCUT2D eigenvalue weighted by atomic mass is 10.1. The normalized spacial score (nSPS) is 14.3. The molecule has 31 heavy (non-hydrogen) atoms. The average molecular weight is 491 g/mol. The first-order valence-electron chi connectivity index (χ1n) is 7.88. The number of benzene rings is 2. The lowest BCUT2D eigenvalue weighted by Crippen LogP contribution is -2.10. The molecule has 8 nitrogen and oxygen atoms in total. The lowest BCUT2D eigenvalue weighted by Gasteiger charge is -2.39. The van der Waals surface area contributed by atoms with Crippen LogP contribution < -0.4 is 4.74 Å². The minimum absolute atomic E-state index is 0.101. The molecule has 0 saturated carbocycles. The van der Waals surface area contributed by atoms with E-state index >= 15 is 0 Å². The maximum Gasteiger partial charge on any atom is 0.338 e. The number of rotatable bonds is 6. The van der Waals surface area contributed by atoms with Gasteiger partial charge in [-0.2, -0.15) is 0 Å². The molecule has 172 valence electrons. The Morgan fingerprint density at radius 3 is 2.13 bits per heavy atom. The van der Waals surface area contributed by atoms with Gasteiger partial charge in [0, 0.05) is 18.4 Å². The van der Waals surface area contributed by atoms with Crippen LogP contribution in [-0.4, -0.2) is 32.7 Å². The fourth-order valence-electron chi connectivity index (χ4n) is 2.51. The van der Waals surface area contributed by atoms with Crippen molar-refractivity contribution >= 4 is 31.7 Å². The molecular weight excluding hydrogens is 477 g/mol. The summed E-state index contributed by atoms with van der Waals surface area (Å²) in [4.78, 5) is 17.5. The van der Waals surface area contributed by atoms with Crippen LogP contribution in [0.25, 0.3) is 0 Å². The topological polar surface area (TPSA) is 113 Å². The largest absolute Gasteiger partial charge is 0.465 e. The van der Waals surface area contributed by atoms with Crippen molar-refractivity contribution in [1.82, 2.24) is 0 Å². The van der Waals surface area contributed by atoms with Crippen molar-refractivity contribution in [1.29, 1.82) is 0 Å². The van der Waals surface area contributed by atoms with Crippen molar-refractivity contribution in [3.63, 3.8) is 0 Å². The van der Waals surface area contributed by atoms with Crippen molar-refractivity contribution in [2.75, 3.05) is 13.4 Å². The van der Waals surface area contributed by atoms with E-state index in [9.17, 15) is 42.8 Å². The van der Waals surface area contributed by atoms with Crippen molar-refractivity contribution in [2.45, 2.75) is 16.7 Å². The van der Waals surface area contributed by atoms with Crippen LogP contribution in [0, 0.1) is 17.0 Å². The number of carbonyl (C=O) groups excluding carboxylic acids is 1. The zero-order valence-electron chi connectivity index (χ0n) is 15.9. The van der Waals surface area contributed by atoms with Gasteiger partial charge in [0.05, 0.1) is 17.6 Å². The van der Waals surface area contributed by atoms with Crippen LogP contribution in [0.15, 0.2) is 40.1 Å². The summed E-state index contributed by atoms with van der Waals surface area (Å²) in [5.41, 5.74) is -1.98. The van der Waals surface area contributed by atoms with E-state index in [1.165, 1.54) is 6.92 Å². The van der Waals surface area contributed by atoms with Gasteiger partial charge >= 0.3 is 16.2 Å². The molecule has 0 fully saturated rings. The minimum Gasteiger partial charge on any atom is -0.465 e. The second-order valence-electron chi connectivity index (χ2n) is 6.34. The average Bonchev–Trinajstić information content (AvgIpc) is 2.58. The SMILES string of the molecule is COC(=O)c1cc(S(C)(=O)=O)c(Oc2ccc([N+](=O)[O-])c(S(F)(F)(F)(F)F)c2)cc1C. The van der Waals surface area contributed by atoms with Gasteiger partial charge in [0.2, 0.25) is 0 Å². The van der Waals surface area contributed by atoms with Crippen LogP contribution in [0.3, 0.4) is 0 Å². The predicted molar refractivity (Wildman–Crippen MR) is 100 cm³/mol. The zero-order valence-corrected chi connectivity index (χ0v) is 17.5. The van der Waals surface area contributed by atoms with Crippen molar-refractivity contribution in [3.05, 3.63) is 51.6 Å². The summed E-state index contributed by atoms with van der Waals surface area (Å²) in [6.07, 6.45) is 0.710. The number of nitro groups is 1. The summed E-state index contributed by atoms with van der Waals surface area (Å²) >= 11 is 0. The number of hydrogen-bond acceptors (Lipinski definition) is 7. The van der Waals surface area contributed by atoms with Gasteiger partial charge in [-0.05, 0) is 30.7 Å². The number of methoxy groups -OCH3 is 1. The number of hydrogen-bond donors (Lipinski definition) is 0. The van der Waals surface area contributed by atoms with Crippen LogP contribution in [0.5, 0.6) is 11.5 Å². The number of nitrogens with zero attached hydrogens (tertiary/aromatic N) is 1. The molecule has 0 aliphatic carbocycles. The highest BCUT2D eigenvalue weighted by molar-refractivity contribution is 8.45. The Kier molecular flexibility index (Phi) is 5.32. The van der Waals surface area contributed by atoms with E-state index < -0.39 is 57.9 Å². The molecule has 0 aliphatic heterocycles. The summed E-state index contributed by atoms with van der Waals surface area (Å²) in [6.45, 7) is 1.33. The van der Waals surface area contributed by atoms with Crippen LogP contribution in [-0.2, 0) is 14.6 Å². The van der Waals surface area contributed by atoms with Crippen LogP contribution >= 0.6 is 10.2 Å². The summed E-state index contributed by atoms with van der Waals surface area (Å²) < 4.78 is 100. The maximum absolute atomic E-state index is 13.3. The molecule has 0 aliphatic rings. The molecule has 2 rings (SSSR count). The molecular formula is C16H14F5NO7S2. The molecule has 0 unspecified atom stereocenters. The quantitative estimate of drug-likeness (QED) is 0.226. The van der Waals surface area contributed by atoms with Gasteiger partial charge in [-0.1, -0.05) is 19.4 Å². The Morgan fingerprint density at radius 2 is 1.68 bits per heavy atom. The number of nitro benzene ring substituents is 1. The highest BCUT2D eigenvalue weighted by Crippen LogP contribution is 3.03. The molecule has 0 N–H and O–H groups in total. The molecule has 0 saturated heterocycles. The molecule has 0 bridgehead atoms. The van der Waals surface area contributed by atoms with Crippen molar-refractivity contribution in [2.24, 2.45) is 0 Å². The van der Waals surface area contributed by atoms with Crippen LogP contribution in [0.1, 0.15) is 15.9 Å². The molecule has 0 aromatic heterocycles. The van der Waals surface area contributed by atoms with E-state index in [-0.39, 0.29) is 23.3 Å². The molecule has 0 spiro atoms. The lowest BCUT2D eigenvalue weighted by molar-refractivity contribution is -0.388. The highest BCUT2D eigenvalue weighted by Gasteiger charge is 2.69. The molecule has 2 aromatic carbocycles. The molecule has 0 radical (unpaired) electrons. The predicted octanol–water partition coefficient (Wildman–Crippen LogP) is 5.54. The summed E-state index contributed by atoms with van der Waals surface area (Å²) in [7, 11) is -13.6. The first-order valence-corrected chi connectivity index (χ1v) is 11.7. The second kappa shape index (κ2) is 6.78. The van der Waals surface area contributed by atoms with E-state index in [2.05, 4.69) is 4.74 Å². The Bertz CT molecular complexity index is 1210. The summed E-state index contributed by atoms with van der Waals surface area (Å²) in [5, 5.41) is 10.8. The van der Waals surface area contributed by atoms with Crippen molar-refractivity contribution in [3.8, 4) is 11.5 Å². The minimum atomic E-state index is -10.5. The number of aryl methyl sites for hydroxylation is 1. The third-order valence-electron chi connectivity index (χ3n) is 3.87. The second-order valence-corrected chi connectivity index (χ2v) is 10.7. The zero-order chi connectivity index (χ0) is 24.1. The molecule has 0 heterocycles. The van der Waals surface area contributed by atoms with Gasteiger partial charge in [0.15, 0.2) is 14.7 Å².